The largest absolute Gasteiger partial charge is 0.378 e. The minimum Gasteiger partial charge on any atom is -0.378 e. The van der Waals surface area contributed by atoms with E-state index < -0.39 is 5.82 Å². The fourth-order valence-electron chi connectivity index (χ4n) is 4.08. The van der Waals surface area contributed by atoms with Gasteiger partial charge in [-0.2, -0.15) is 0 Å². The van der Waals surface area contributed by atoms with E-state index in [9.17, 15) is 9.18 Å². The molecule has 7 heteroatoms. The number of aryl methyl sites for hydroxylation is 1. The standard InChI is InChI=1S/C26H30FN3O3/c1-4-19(3)30(25(31)21-9-6-10-22(27)16-21)17-23-24(20-8-5-7-18(2)15-20)28-33-26(23)29-11-13-32-14-12-29/h5-10,15-16,19H,4,11-14,17H2,1-3H3/t19-/m1/s1. The molecule has 1 fully saturated rings. The summed E-state index contributed by atoms with van der Waals surface area (Å²) in [5, 5.41) is 4.43. The first kappa shape index (κ1) is 23.0. The summed E-state index contributed by atoms with van der Waals surface area (Å²) in [5.41, 5.74) is 3.96. The number of aromatic nitrogens is 1. The number of halogens is 1. The number of carbonyl (C=O) groups is 1. The maximum absolute atomic E-state index is 13.9. The quantitative estimate of drug-likeness (QED) is 0.502. The van der Waals surface area contributed by atoms with E-state index in [1.165, 1.54) is 12.1 Å². The van der Waals surface area contributed by atoms with Gasteiger partial charge in [-0.25, -0.2) is 4.39 Å². The Hall–Kier alpha value is -3.19. The number of rotatable bonds is 7. The van der Waals surface area contributed by atoms with E-state index >= 15 is 0 Å². The van der Waals surface area contributed by atoms with Crippen LogP contribution < -0.4 is 4.90 Å². The average molecular weight is 452 g/mol. The van der Waals surface area contributed by atoms with Gasteiger partial charge in [-0.05, 0) is 44.5 Å². The highest BCUT2D eigenvalue weighted by atomic mass is 19.1. The van der Waals surface area contributed by atoms with Gasteiger partial charge in [0.25, 0.3) is 5.91 Å². The molecule has 0 spiro atoms. The van der Waals surface area contributed by atoms with Gasteiger partial charge in [0.05, 0.1) is 25.3 Å². The molecule has 0 unspecified atom stereocenters. The van der Waals surface area contributed by atoms with Gasteiger partial charge >= 0.3 is 0 Å². The molecule has 174 valence electrons. The second-order valence-corrected chi connectivity index (χ2v) is 8.48. The number of nitrogens with zero attached hydrogens (tertiary/aromatic N) is 3. The van der Waals surface area contributed by atoms with Gasteiger partial charge in [-0.1, -0.05) is 41.9 Å². The third-order valence-corrected chi connectivity index (χ3v) is 6.14. The van der Waals surface area contributed by atoms with E-state index in [4.69, 9.17) is 9.26 Å². The van der Waals surface area contributed by atoms with E-state index in [2.05, 4.69) is 16.1 Å². The van der Waals surface area contributed by atoms with Crippen molar-refractivity contribution in [2.75, 3.05) is 31.2 Å². The first-order chi connectivity index (χ1) is 16.0. The summed E-state index contributed by atoms with van der Waals surface area (Å²) in [6.45, 7) is 8.98. The maximum atomic E-state index is 13.9. The van der Waals surface area contributed by atoms with E-state index in [0.29, 0.717) is 44.3 Å². The molecule has 0 aliphatic carbocycles. The molecule has 0 N–H and O–H groups in total. The maximum Gasteiger partial charge on any atom is 0.254 e. The van der Waals surface area contributed by atoms with Crippen LogP contribution in [-0.4, -0.2) is 48.3 Å². The average Bonchev–Trinajstić information content (AvgIpc) is 3.26. The Bertz CT molecular complexity index is 1110. The molecule has 1 saturated heterocycles. The lowest BCUT2D eigenvalue weighted by atomic mass is 10.0. The smallest absolute Gasteiger partial charge is 0.254 e. The molecule has 4 rings (SSSR count). The minimum atomic E-state index is -0.426. The van der Waals surface area contributed by atoms with Crippen LogP contribution in [0.2, 0.25) is 0 Å². The normalized spacial score (nSPS) is 14.8. The van der Waals surface area contributed by atoms with Crippen LogP contribution in [0.4, 0.5) is 10.3 Å². The summed E-state index contributed by atoms with van der Waals surface area (Å²) < 4.78 is 25.2. The molecular formula is C26H30FN3O3. The number of benzene rings is 2. The molecule has 33 heavy (non-hydrogen) atoms. The van der Waals surface area contributed by atoms with E-state index in [0.717, 1.165) is 28.8 Å². The first-order valence-corrected chi connectivity index (χ1v) is 11.4. The number of morpholine rings is 1. The van der Waals surface area contributed by atoms with Crippen LogP contribution >= 0.6 is 0 Å². The van der Waals surface area contributed by atoms with Crippen LogP contribution in [0.5, 0.6) is 0 Å². The fraction of sp³-hybridized carbons (Fsp3) is 0.385. The van der Waals surface area contributed by atoms with Gasteiger partial charge < -0.3 is 19.1 Å². The topological polar surface area (TPSA) is 58.8 Å². The van der Waals surface area contributed by atoms with Gasteiger partial charge in [0.2, 0.25) is 5.88 Å². The number of hydrogen-bond acceptors (Lipinski definition) is 5. The summed E-state index contributed by atoms with van der Waals surface area (Å²) in [6, 6.07) is 13.9. The lowest BCUT2D eigenvalue weighted by molar-refractivity contribution is 0.0671. The molecule has 0 radical (unpaired) electrons. The van der Waals surface area contributed by atoms with Crippen LogP contribution in [-0.2, 0) is 11.3 Å². The Kier molecular flexibility index (Phi) is 7.08. The number of anilines is 1. The van der Waals surface area contributed by atoms with Crippen LogP contribution in [0.25, 0.3) is 11.3 Å². The zero-order valence-electron chi connectivity index (χ0n) is 19.4. The van der Waals surface area contributed by atoms with Crippen molar-refractivity contribution in [2.45, 2.75) is 39.8 Å². The van der Waals surface area contributed by atoms with E-state index in [1.54, 1.807) is 17.0 Å². The lowest BCUT2D eigenvalue weighted by Crippen LogP contribution is -2.39. The second-order valence-electron chi connectivity index (χ2n) is 8.48. The molecule has 6 nitrogen and oxygen atoms in total. The molecule has 2 aromatic carbocycles. The van der Waals surface area contributed by atoms with Gasteiger partial charge in [0, 0.05) is 30.3 Å². The van der Waals surface area contributed by atoms with Crippen molar-refractivity contribution in [3.05, 3.63) is 71.0 Å². The Balaban J connectivity index is 1.76. The molecule has 0 saturated carbocycles. The van der Waals surface area contributed by atoms with Gasteiger partial charge in [-0.3, -0.25) is 4.79 Å². The highest BCUT2D eigenvalue weighted by Crippen LogP contribution is 2.34. The Morgan fingerprint density at radius 1 is 1.18 bits per heavy atom. The highest BCUT2D eigenvalue weighted by Gasteiger charge is 2.29. The van der Waals surface area contributed by atoms with Crippen molar-refractivity contribution >= 4 is 11.8 Å². The van der Waals surface area contributed by atoms with Crippen molar-refractivity contribution in [3.8, 4) is 11.3 Å². The molecule has 0 bridgehead atoms. The monoisotopic (exact) mass is 451 g/mol. The molecule has 1 amide bonds. The molecule has 2 heterocycles. The highest BCUT2D eigenvalue weighted by molar-refractivity contribution is 5.94. The predicted molar refractivity (Wildman–Crippen MR) is 126 cm³/mol. The number of hydrogen-bond donors (Lipinski definition) is 0. The van der Waals surface area contributed by atoms with Gasteiger partial charge in [0.15, 0.2) is 0 Å². The van der Waals surface area contributed by atoms with Crippen molar-refractivity contribution in [2.24, 2.45) is 0 Å². The van der Waals surface area contributed by atoms with Crippen LogP contribution in [0.15, 0.2) is 53.1 Å². The second kappa shape index (κ2) is 10.2. The number of amides is 1. The van der Waals surface area contributed by atoms with Crippen LogP contribution in [0.1, 0.15) is 41.8 Å². The van der Waals surface area contributed by atoms with Crippen molar-refractivity contribution in [3.63, 3.8) is 0 Å². The predicted octanol–water partition coefficient (Wildman–Crippen LogP) is 5.07. The summed E-state index contributed by atoms with van der Waals surface area (Å²) in [5.74, 6) is 0.0210. The lowest BCUT2D eigenvalue weighted by Gasteiger charge is -2.31. The molecule has 1 atom stereocenters. The zero-order valence-corrected chi connectivity index (χ0v) is 19.4. The molecule has 1 aliphatic heterocycles. The first-order valence-electron chi connectivity index (χ1n) is 11.4. The van der Waals surface area contributed by atoms with E-state index in [-0.39, 0.29) is 11.9 Å². The Labute approximate surface area is 193 Å². The zero-order chi connectivity index (χ0) is 23.4. The van der Waals surface area contributed by atoms with Crippen LogP contribution in [0, 0.1) is 12.7 Å². The van der Waals surface area contributed by atoms with Gasteiger partial charge in [0.1, 0.15) is 11.5 Å². The third kappa shape index (κ3) is 5.09. The van der Waals surface area contributed by atoms with Crippen molar-refractivity contribution in [1.82, 2.24) is 10.1 Å². The summed E-state index contributed by atoms with van der Waals surface area (Å²) in [6.07, 6.45) is 0.763. The van der Waals surface area contributed by atoms with Crippen molar-refractivity contribution in [1.29, 1.82) is 0 Å². The molecule has 1 aromatic heterocycles. The number of ether oxygens (including phenoxy) is 1. The van der Waals surface area contributed by atoms with E-state index in [1.807, 2.05) is 39.0 Å². The summed E-state index contributed by atoms with van der Waals surface area (Å²) in [4.78, 5) is 17.4. The fourth-order valence-corrected chi connectivity index (χ4v) is 4.08. The molecule has 3 aromatic rings. The summed E-state index contributed by atoms with van der Waals surface area (Å²) >= 11 is 0. The Morgan fingerprint density at radius 2 is 1.94 bits per heavy atom. The van der Waals surface area contributed by atoms with Crippen LogP contribution in [0.3, 0.4) is 0 Å². The molecular weight excluding hydrogens is 421 g/mol. The Morgan fingerprint density at radius 3 is 2.64 bits per heavy atom. The number of carbonyl (C=O) groups excluding carboxylic acids is 1. The molecule has 1 aliphatic rings. The minimum absolute atomic E-state index is 0.0569. The van der Waals surface area contributed by atoms with Gasteiger partial charge in [-0.15, -0.1) is 0 Å². The van der Waals surface area contributed by atoms with Crippen molar-refractivity contribution < 1.29 is 18.4 Å². The summed E-state index contributed by atoms with van der Waals surface area (Å²) in [7, 11) is 0. The SMILES string of the molecule is CC[C@@H](C)N(Cc1c(-c2cccc(C)c2)noc1N1CCOCC1)C(=O)c1cccc(F)c1. The third-order valence-electron chi connectivity index (χ3n) is 6.14.